The number of halogens is 2. The molecule has 1 unspecified atom stereocenters. The molecule has 3 aromatic rings. The maximum Gasteiger partial charge on any atom is 0.259 e. The van der Waals surface area contributed by atoms with Gasteiger partial charge in [0.25, 0.3) is 11.8 Å². The van der Waals surface area contributed by atoms with Crippen LogP contribution in [0, 0.1) is 0 Å². The van der Waals surface area contributed by atoms with E-state index in [1.54, 1.807) is 6.07 Å². The second-order valence-electron chi connectivity index (χ2n) is 10.8. The van der Waals surface area contributed by atoms with Gasteiger partial charge in [0.05, 0.1) is 5.69 Å². The molecular weight excluding hydrogens is 502 g/mol. The van der Waals surface area contributed by atoms with E-state index in [2.05, 4.69) is 15.1 Å². The summed E-state index contributed by atoms with van der Waals surface area (Å²) in [6.45, 7) is 2.08. The van der Waals surface area contributed by atoms with Crippen LogP contribution in [0.2, 0.25) is 0 Å². The second kappa shape index (κ2) is 9.72. The molecule has 1 N–H and O–H groups in total. The van der Waals surface area contributed by atoms with Gasteiger partial charge in [-0.25, -0.2) is 8.78 Å². The Morgan fingerprint density at radius 2 is 1.74 bits per heavy atom. The molecule has 7 nitrogen and oxygen atoms in total. The monoisotopic (exact) mass is 532 g/mol. The molecule has 0 radical (unpaired) electrons. The Bertz CT molecular complexity index is 1460. The van der Waals surface area contributed by atoms with Gasteiger partial charge in [-0.3, -0.25) is 29.5 Å². The average Bonchev–Trinajstić information content (AvgIpc) is 3.20. The van der Waals surface area contributed by atoms with Crippen LogP contribution in [0.3, 0.4) is 0 Å². The highest BCUT2D eigenvalue weighted by atomic mass is 19.3. The van der Waals surface area contributed by atoms with Crippen molar-refractivity contribution >= 4 is 39.9 Å². The molecule has 0 saturated carbocycles. The number of nitrogens with one attached hydrogen (secondary N) is 1. The van der Waals surface area contributed by atoms with Gasteiger partial charge >= 0.3 is 0 Å². The van der Waals surface area contributed by atoms with Crippen molar-refractivity contribution in [1.82, 2.24) is 10.2 Å². The van der Waals surface area contributed by atoms with Crippen LogP contribution in [-0.2, 0) is 22.7 Å². The summed E-state index contributed by atoms with van der Waals surface area (Å²) < 4.78 is 26.9. The Morgan fingerprint density at radius 3 is 2.46 bits per heavy atom. The summed E-state index contributed by atoms with van der Waals surface area (Å²) in [5.41, 5.74) is 4.43. The van der Waals surface area contributed by atoms with Crippen LogP contribution in [0.15, 0.2) is 54.6 Å². The number of rotatable bonds is 6. The Hall–Kier alpha value is -3.85. The maximum atomic E-state index is 13.5. The zero-order chi connectivity index (χ0) is 27.3. The summed E-state index contributed by atoms with van der Waals surface area (Å²) in [5.74, 6) is -3.51. The summed E-state index contributed by atoms with van der Waals surface area (Å²) in [6, 6.07) is 17.0. The quantitative estimate of drug-likeness (QED) is 0.475. The Balaban J connectivity index is 1.20. The normalized spacial score (nSPS) is 20.9. The lowest BCUT2D eigenvalue weighted by Crippen LogP contribution is -2.53. The molecule has 0 bridgehead atoms. The number of likely N-dealkylation sites (tertiary alicyclic amines) is 1. The van der Waals surface area contributed by atoms with E-state index in [4.69, 9.17) is 0 Å². The van der Waals surface area contributed by atoms with Crippen molar-refractivity contribution in [2.45, 2.75) is 50.7 Å². The summed E-state index contributed by atoms with van der Waals surface area (Å²) in [4.78, 5) is 43.3. The number of carbonyl (C=O) groups excluding carboxylic acids is 3. The number of anilines is 2. The largest absolute Gasteiger partial charge is 0.370 e. The molecule has 3 aliphatic rings. The molecule has 0 spiro atoms. The van der Waals surface area contributed by atoms with E-state index in [-0.39, 0.29) is 31.1 Å². The van der Waals surface area contributed by atoms with Gasteiger partial charge in [-0.2, -0.15) is 0 Å². The van der Waals surface area contributed by atoms with Gasteiger partial charge in [-0.05, 0) is 47.2 Å². The topological polar surface area (TPSA) is 73.0 Å². The van der Waals surface area contributed by atoms with Gasteiger partial charge in [0, 0.05) is 69.1 Å². The molecule has 3 heterocycles. The number of hydrogen-bond acceptors (Lipinski definition) is 5. The molecule has 0 aliphatic carbocycles. The highest BCUT2D eigenvalue weighted by molar-refractivity contribution is 6.27. The first-order chi connectivity index (χ1) is 18.7. The van der Waals surface area contributed by atoms with Crippen LogP contribution >= 0.6 is 0 Å². The van der Waals surface area contributed by atoms with Gasteiger partial charge < -0.3 is 4.90 Å². The number of imide groups is 1. The highest BCUT2D eigenvalue weighted by Crippen LogP contribution is 2.41. The van der Waals surface area contributed by atoms with E-state index in [1.807, 2.05) is 55.6 Å². The van der Waals surface area contributed by atoms with Crippen molar-refractivity contribution < 1.29 is 23.2 Å². The standard InChI is InChI=1S/C30H30F2N4O3/c1-34(21-8-5-19(6-9-21)17-35-15-13-30(31,32)14-16-35)18-20-7-10-24-27-22(20)3-2-4-23(27)29(39)36(24)25-11-12-26(37)33-28(25)38/h2-10,25H,11-18H2,1H3,(H,33,37,38). The van der Waals surface area contributed by atoms with Gasteiger partial charge in [0.1, 0.15) is 6.04 Å². The van der Waals surface area contributed by atoms with Crippen LogP contribution in [-0.4, -0.2) is 54.7 Å². The van der Waals surface area contributed by atoms with Crippen LogP contribution in [0.5, 0.6) is 0 Å². The van der Waals surface area contributed by atoms with Crippen LogP contribution in [0.4, 0.5) is 20.2 Å². The lowest BCUT2D eigenvalue weighted by atomic mass is 9.99. The molecule has 6 rings (SSSR count). The predicted octanol–water partition coefficient (Wildman–Crippen LogP) is 4.47. The minimum Gasteiger partial charge on any atom is -0.370 e. The summed E-state index contributed by atoms with van der Waals surface area (Å²) in [7, 11) is 2.01. The van der Waals surface area contributed by atoms with Crippen molar-refractivity contribution in [3.05, 3.63) is 71.3 Å². The summed E-state index contributed by atoms with van der Waals surface area (Å²) in [5, 5.41) is 4.15. The number of nitrogens with zero attached hydrogens (tertiary/aromatic N) is 3. The maximum absolute atomic E-state index is 13.5. The van der Waals surface area contributed by atoms with E-state index >= 15 is 0 Å². The average molecular weight is 533 g/mol. The Morgan fingerprint density at radius 1 is 1.00 bits per heavy atom. The number of piperidine rings is 2. The number of benzene rings is 3. The van der Waals surface area contributed by atoms with E-state index in [0.29, 0.717) is 43.9 Å². The van der Waals surface area contributed by atoms with E-state index in [1.165, 1.54) is 4.90 Å². The molecule has 0 aromatic heterocycles. The fourth-order valence-corrected chi connectivity index (χ4v) is 5.94. The molecule has 1 atom stereocenters. The Labute approximate surface area is 225 Å². The van der Waals surface area contributed by atoms with Crippen molar-refractivity contribution in [3.8, 4) is 0 Å². The minimum absolute atomic E-state index is 0.0842. The molecule has 39 heavy (non-hydrogen) atoms. The number of amides is 3. The lowest BCUT2D eigenvalue weighted by molar-refractivity contribution is -0.134. The first-order valence-electron chi connectivity index (χ1n) is 13.3. The number of carbonyl (C=O) groups is 3. The third kappa shape index (κ3) is 4.76. The predicted molar refractivity (Wildman–Crippen MR) is 145 cm³/mol. The van der Waals surface area contributed by atoms with Crippen LogP contribution < -0.4 is 15.1 Å². The molecule has 2 fully saturated rings. The van der Waals surface area contributed by atoms with Crippen LogP contribution in [0.25, 0.3) is 10.8 Å². The molecule has 9 heteroatoms. The van der Waals surface area contributed by atoms with Gasteiger partial charge in [-0.1, -0.05) is 30.3 Å². The molecule has 2 saturated heterocycles. The summed E-state index contributed by atoms with van der Waals surface area (Å²) in [6.07, 6.45) is 0.338. The van der Waals surface area contributed by atoms with Gasteiger partial charge in [0.2, 0.25) is 11.8 Å². The summed E-state index contributed by atoms with van der Waals surface area (Å²) >= 11 is 0. The van der Waals surface area contributed by atoms with Crippen molar-refractivity contribution in [3.63, 3.8) is 0 Å². The highest BCUT2D eigenvalue weighted by Gasteiger charge is 2.41. The SMILES string of the molecule is CN(Cc1ccc2c3c(cccc13)C(=O)N2C1CCC(=O)NC1=O)c1ccc(CN2CCC(F)(F)CC2)cc1. The molecular formula is C30H30F2N4O3. The molecule has 202 valence electrons. The fourth-order valence-electron chi connectivity index (χ4n) is 5.94. The van der Waals surface area contributed by atoms with Crippen molar-refractivity contribution in [2.24, 2.45) is 0 Å². The first-order valence-corrected chi connectivity index (χ1v) is 13.3. The van der Waals surface area contributed by atoms with Crippen molar-refractivity contribution in [1.29, 1.82) is 0 Å². The van der Waals surface area contributed by atoms with Crippen LogP contribution in [0.1, 0.15) is 47.2 Å². The second-order valence-corrected chi connectivity index (χ2v) is 10.8. The lowest BCUT2D eigenvalue weighted by Gasteiger charge is -2.31. The third-order valence-electron chi connectivity index (χ3n) is 8.12. The Kier molecular flexibility index (Phi) is 6.33. The fraction of sp³-hybridized carbons (Fsp3) is 0.367. The van der Waals surface area contributed by atoms with Crippen molar-refractivity contribution in [2.75, 3.05) is 29.9 Å². The van der Waals surface area contributed by atoms with E-state index in [0.717, 1.165) is 27.6 Å². The minimum atomic E-state index is -2.54. The zero-order valence-electron chi connectivity index (χ0n) is 21.8. The molecule has 3 aromatic carbocycles. The zero-order valence-corrected chi connectivity index (χ0v) is 21.8. The first kappa shape index (κ1) is 25.4. The number of hydrogen-bond donors (Lipinski definition) is 1. The van der Waals surface area contributed by atoms with Gasteiger partial charge in [0.15, 0.2) is 0 Å². The van der Waals surface area contributed by atoms with Gasteiger partial charge in [-0.15, -0.1) is 0 Å². The number of alkyl halides is 2. The molecule has 3 amide bonds. The van der Waals surface area contributed by atoms with E-state index in [9.17, 15) is 23.2 Å². The molecule has 3 aliphatic heterocycles. The third-order valence-corrected chi connectivity index (χ3v) is 8.12. The smallest absolute Gasteiger partial charge is 0.259 e. The van der Waals surface area contributed by atoms with E-state index < -0.39 is 17.9 Å².